The van der Waals surface area contributed by atoms with Crippen LogP contribution in [0.15, 0.2) is 24.5 Å². The molecule has 0 aliphatic carbocycles. The minimum absolute atomic E-state index is 0.0547. The quantitative estimate of drug-likeness (QED) is 0.832. The summed E-state index contributed by atoms with van der Waals surface area (Å²) in [7, 11) is 0. The molecule has 0 aliphatic rings. The number of rotatable bonds is 5. The van der Waals surface area contributed by atoms with E-state index < -0.39 is 0 Å². The van der Waals surface area contributed by atoms with Gasteiger partial charge in [0, 0.05) is 41.2 Å². The second kappa shape index (κ2) is 6.50. The zero-order chi connectivity index (χ0) is 16.3. The molecule has 0 amide bonds. The van der Waals surface area contributed by atoms with Gasteiger partial charge in [-0.1, -0.05) is 41.5 Å². The second-order valence-corrected chi connectivity index (χ2v) is 7.79. The first kappa shape index (κ1) is 17.5. The van der Waals surface area contributed by atoms with E-state index in [1.807, 2.05) is 66.1 Å². The zero-order valence-corrected chi connectivity index (χ0v) is 14.1. The largest absolute Gasteiger partial charge is 0.299 e. The Bertz CT molecular complexity index is 464. The van der Waals surface area contributed by atoms with E-state index in [-0.39, 0.29) is 28.3 Å². The smallest absolute Gasteiger partial charge is 0.170 e. The minimum atomic E-state index is -0.373. The van der Waals surface area contributed by atoms with Gasteiger partial charge in [0.1, 0.15) is 11.6 Å². The van der Waals surface area contributed by atoms with Crippen LogP contribution in [0.3, 0.4) is 0 Å². The van der Waals surface area contributed by atoms with Gasteiger partial charge in [0.05, 0.1) is 0 Å². The maximum atomic E-state index is 12.4. The molecule has 3 heteroatoms. The lowest BCUT2D eigenvalue weighted by Crippen LogP contribution is -2.27. The second-order valence-electron chi connectivity index (χ2n) is 7.79. The topological polar surface area (TPSA) is 48.3 Å². The molecule has 0 atom stereocenters. The van der Waals surface area contributed by atoms with Crippen molar-refractivity contribution in [1.29, 1.82) is 0 Å². The highest BCUT2D eigenvalue weighted by Gasteiger charge is 2.30. The average molecular weight is 290 g/mol. The normalized spacial score (nSPS) is 12.5. The minimum Gasteiger partial charge on any atom is -0.299 e. The predicted molar refractivity (Wildman–Crippen MR) is 83.9 cm³/mol. The van der Waals surface area contributed by atoms with Crippen LogP contribution in [0.5, 0.6) is 0 Å². The zero-order valence-electron chi connectivity index (χ0n) is 14.1. The van der Waals surface area contributed by atoms with Crippen LogP contribution in [0.25, 0.3) is 0 Å². The van der Waals surface area contributed by atoms with Gasteiger partial charge in [0.25, 0.3) is 0 Å². The fraction of sp³-hybridized carbons (Fsp3) is 0.611. The van der Waals surface area contributed by atoms with E-state index in [9.17, 15) is 9.59 Å². The van der Waals surface area contributed by atoms with Gasteiger partial charge < -0.3 is 0 Å². The third-order valence-corrected chi connectivity index (χ3v) is 3.74. The van der Waals surface area contributed by atoms with Crippen LogP contribution in [-0.4, -0.2) is 11.6 Å². The highest BCUT2D eigenvalue weighted by atomic mass is 16.1. The summed E-state index contributed by atoms with van der Waals surface area (Å²) in [6, 6.07) is 3.89. The van der Waals surface area contributed by atoms with E-state index in [0.717, 1.165) is 5.56 Å². The molecule has 3 nitrogen and oxygen atoms in total. The van der Waals surface area contributed by atoms with Crippen LogP contribution in [0, 0.1) is 10.8 Å². The molecule has 21 heavy (non-hydrogen) atoms. The summed E-state index contributed by atoms with van der Waals surface area (Å²) in [5.74, 6) is 0.331. The molecule has 0 spiro atoms. The summed E-state index contributed by atoms with van der Waals surface area (Å²) in [6.45, 7) is 11.6. The van der Waals surface area contributed by atoms with E-state index in [1.165, 1.54) is 0 Å². The molecule has 0 bridgehead atoms. The van der Waals surface area contributed by atoms with Gasteiger partial charge in [-0.05, 0) is 6.07 Å². The summed E-state index contributed by atoms with van der Waals surface area (Å²) in [4.78, 5) is 27.8. The molecule has 0 fully saturated rings. The monoisotopic (exact) mass is 290 g/mol. The van der Waals surface area contributed by atoms with Crippen LogP contribution in [-0.2, 0) is 9.59 Å². The average Bonchev–Trinajstić information content (AvgIpc) is 2.36. The molecule has 1 heterocycles. The van der Waals surface area contributed by atoms with Crippen molar-refractivity contribution in [2.24, 2.45) is 10.8 Å². The Morgan fingerprint density at radius 2 is 1.48 bits per heavy atom. The maximum Gasteiger partial charge on any atom is 0.170 e. The Hall–Kier alpha value is -1.51. The molecule has 0 radical (unpaired) electrons. The molecule has 1 rings (SSSR count). The van der Waals surface area contributed by atoms with Gasteiger partial charge in [-0.15, -0.1) is 0 Å². The van der Waals surface area contributed by atoms with Gasteiger partial charge in [-0.3, -0.25) is 9.59 Å². The number of H-pyrrole nitrogens is 1. The lowest BCUT2D eigenvalue weighted by molar-refractivity contribution is -0.378. The fourth-order valence-electron chi connectivity index (χ4n) is 2.03. The third kappa shape index (κ3) is 5.41. The molecule has 116 valence electrons. The summed E-state index contributed by atoms with van der Waals surface area (Å²) >= 11 is 0. The molecular weight excluding hydrogens is 262 g/mol. The lowest BCUT2D eigenvalue weighted by atomic mass is 9.78. The van der Waals surface area contributed by atoms with Crippen LogP contribution in [0.4, 0.5) is 0 Å². The fourth-order valence-corrected chi connectivity index (χ4v) is 2.03. The lowest BCUT2D eigenvalue weighted by Gasteiger charge is -2.24. The molecule has 1 N–H and O–H groups in total. The molecule has 0 saturated heterocycles. The van der Waals surface area contributed by atoms with Crippen molar-refractivity contribution in [2.45, 2.75) is 60.3 Å². The van der Waals surface area contributed by atoms with Gasteiger partial charge in [-0.2, -0.15) is 0 Å². The number of carbonyl (C=O) groups is 2. The first-order chi connectivity index (χ1) is 9.51. The van der Waals surface area contributed by atoms with Crippen molar-refractivity contribution in [3.63, 3.8) is 0 Å². The molecular formula is C18H28NO2+. The predicted octanol–water partition coefficient (Wildman–Crippen LogP) is 3.59. The Morgan fingerprint density at radius 1 is 1.00 bits per heavy atom. The number of nitrogens with one attached hydrogen (secondary N) is 1. The van der Waals surface area contributed by atoms with Gasteiger partial charge in [-0.25, -0.2) is 4.98 Å². The van der Waals surface area contributed by atoms with E-state index in [1.54, 1.807) is 0 Å². The number of carbonyl (C=O) groups excluding carboxylic acids is 2. The number of pyridine rings is 1. The van der Waals surface area contributed by atoms with Crippen molar-refractivity contribution >= 4 is 11.6 Å². The molecule has 0 aromatic carbocycles. The Labute approximate surface area is 128 Å². The summed E-state index contributed by atoms with van der Waals surface area (Å²) in [5, 5.41) is 0. The number of aromatic amines is 1. The molecule has 0 aliphatic heterocycles. The van der Waals surface area contributed by atoms with Gasteiger partial charge in [0.2, 0.25) is 0 Å². The third-order valence-electron chi connectivity index (χ3n) is 3.74. The van der Waals surface area contributed by atoms with Gasteiger partial charge in [0.15, 0.2) is 12.4 Å². The molecule has 1 aromatic rings. The van der Waals surface area contributed by atoms with Crippen molar-refractivity contribution in [1.82, 2.24) is 0 Å². The maximum absolute atomic E-state index is 12.4. The summed E-state index contributed by atoms with van der Waals surface area (Å²) in [5.41, 5.74) is 0.274. The Kier molecular flexibility index (Phi) is 5.43. The highest BCUT2D eigenvalue weighted by Crippen LogP contribution is 2.31. The number of Topliss-reactive ketones (excluding diaryl/α,β-unsaturated/α-hetero) is 2. The van der Waals surface area contributed by atoms with E-state index in [2.05, 4.69) is 4.98 Å². The van der Waals surface area contributed by atoms with Crippen molar-refractivity contribution in [3.05, 3.63) is 30.1 Å². The van der Waals surface area contributed by atoms with Crippen molar-refractivity contribution < 1.29 is 14.6 Å². The standard InChI is InChI=1S/C18H27NO2/c1-17(2,3)15(20)10-14(11-16(21)18(4,5)6)13-8-7-9-19-12-13/h7-9,12,14H,10-11H2,1-6H3/p+1. The number of aromatic nitrogens is 1. The van der Waals surface area contributed by atoms with Crippen LogP contribution in [0.2, 0.25) is 0 Å². The number of ketones is 2. The number of hydrogen-bond donors (Lipinski definition) is 0. The van der Waals surface area contributed by atoms with Crippen LogP contribution < -0.4 is 4.98 Å². The SMILES string of the molecule is CC(C)(C)C(=O)CC(CC(=O)C(C)(C)C)c1ccc[nH+]c1. The van der Waals surface area contributed by atoms with Crippen molar-refractivity contribution in [3.8, 4) is 0 Å². The molecule has 1 aromatic heterocycles. The summed E-state index contributed by atoms with van der Waals surface area (Å²) in [6.07, 6.45) is 4.53. The van der Waals surface area contributed by atoms with Crippen LogP contribution >= 0.6 is 0 Å². The van der Waals surface area contributed by atoms with E-state index >= 15 is 0 Å². The highest BCUT2D eigenvalue weighted by molar-refractivity contribution is 5.87. The molecule has 0 unspecified atom stereocenters. The van der Waals surface area contributed by atoms with Crippen LogP contribution in [0.1, 0.15) is 65.9 Å². The first-order valence-corrected chi connectivity index (χ1v) is 7.54. The first-order valence-electron chi connectivity index (χ1n) is 7.54. The Morgan fingerprint density at radius 3 is 1.81 bits per heavy atom. The summed E-state index contributed by atoms with van der Waals surface area (Å²) < 4.78 is 0. The van der Waals surface area contributed by atoms with E-state index in [4.69, 9.17) is 0 Å². The number of hydrogen-bond acceptors (Lipinski definition) is 2. The molecule has 0 saturated carbocycles. The van der Waals surface area contributed by atoms with Crippen molar-refractivity contribution in [2.75, 3.05) is 0 Å². The van der Waals surface area contributed by atoms with Gasteiger partial charge >= 0.3 is 0 Å². The van der Waals surface area contributed by atoms with E-state index in [0.29, 0.717) is 12.8 Å². The Balaban J connectivity index is 2.97.